The second-order valence-corrected chi connectivity index (χ2v) is 3.60. The fourth-order valence-corrected chi connectivity index (χ4v) is 1.55. The average Bonchev–Trinajstić information content (AvgIpc) is 2.34. The molecule has 0 aliphatic rings. The summed E-state index contributed by atoms with van der Waals surface area (Å²) in [7, 11) is 0. The van der Waals surface area contributed by atoms with Crippen LogP contribution in [0, 0.1) is 10.1 Å². The van der Waals surface area contributed by atoms with Crippen LogP contribution in [-0.2, 0) is 6.54 Å². The summed E-state index contributed by atoms with van der Waals surface area (Å²) in [6.07, 6.45) is 1.25. The van der Waals surface area contributed by atoms with Gasteiger partial charge >= 0.3 is 11.2 Å². The van der Waals surface area contributed by atoms with Crippen LogP contribution in [0.1, 0.15) is 5.56 Å². The van der Waals surface area contributed by atoms with E-state index in [4.69, 9.17) is 0 Å². The molecule has 0 amide bonds. The van der Waals surface area contributed by atoms with Crippen LogP contribution in [0.2, 0.25) is 0 Å². The number of nitrogens with zero attached hydrogens (tertiary/aromatic N) is 3. The second kappa shape index (κ2) is 4.66. The molecule has 0 spiro atoms. The zero-order chi connectivity index (χ0) is 13.1. The fraction of sp³-hybridized carbons (Fsp3) is 0.0909. The van der Waals surface area contributed by atoms with E-state index in [1.165, 1.54) is 6.20 Å². The maximum absolute atomic E-state index is 11.7. The molecule has 92 valence electrons. The van der Waals surface area contributed by atoms with Gasteiger partial charge in [-0.3, -0.25) is 9.36 Å². The van der Waals surface area contributed by atoms with Gasteiger partial charge in [-0.15, -0.1) is 0 Å². The molecular weight excluding hydrogens is 238 g/mol. The van der Waals surface area contributed by atoms with Gasteiger partial charge in [0.2, 0.25) is 0 Å². The molecule has 0 saturated carbocycles. The van der Waals surface area contributed by atoms with E-state index >= 15 is 0 Å². The summed E-state index contributed by atoms with van der Waals surface area (Å²) < 4.78 is 1.10. The van der Waals surface area contributed by atoms with E-state index in [2.05, 4.69) is 0 Å². The highest BCUT2D eigenvalue weighted by Crippen LogP contribution is 1.99. The van der Waals surface area contributed by atoms with Crippen LogP contribution in [0.15, 0.2) is 52.2 Å². The molecule has 0 unspecified atom stereocenters. The van der Waals surface area contributed by atoms with Crippen molar-refractivity contribution in [3.05, 3.63) is 79.1 Å². The van der Waals surface area contributed by atoms with Crippen molar-refractivity contribution in [3.8, 4) is 0 Å². The van der Waals surface area contributed by atoms with Crippen LogP contribution < -0.4 is 11.2 Å². The number of aromatic nitrogens is 2. The van der Waals surface area contributed by atoms with E-state index in [9.17, 15) is 19.7 Å². The Morgan fingerprint density at radius 1 is 1.11 bits per heavy atom. The molecule has 0 aliphatic heterocycles. The SMILES string of the molecule is O=c1ccn(Cc2ccccc2)c(=O)n1[N+](=O)[O-]. The lowest BCUT2D eigenvalue weighted by molar-refractivity contribution is -0.548. The zero-order valence-electron chi connectivity index (χ0n) is 9.22. The monoisotopic (exact) mass is 247 g/mol. The molecule has 18 heavy (non-hydrogen) atoms. The first-order chi connectivity index (χ1) is 8.59. The molecule has 7 nitrogen and oxygen atoms in total. The molecule has 1 heterocycles. The lowest BCUT2D eigenvalue weighted by Crippen LogP contribution is -2.42. The standard InChI is InChI=1S/C11H9N3O4/c15-10-6-7-12(11(16)13(10)14(17)18)8-9-4-2-1-3-5-9/h1-7H,8H2. The minimum absolute atomic E-state index is 0.0110. The Labute approximate surface area is 101 Å². The summed E-state index contributed by atoms with van der Waals surface area (Å²) in [4.78, 5) is 33.5. The van der Waals surface area contributed by atoms with E-state index in [1.54, 1.807) is 24.3 Å². The van der Waals surface area contributed by atoms with Gasteiger partial charge in [-0.25, -0.2) is 14.9 Å². The third kappa shape index (κ3) is 2.19. The van der Waals surface area contributed by atoms with Crippen LogP contribution >= 0.6 is 0 Å². The Bertz CT molecular complexity index is 687. The first kappa shape index (κ1) is 11.8. The molecule has 0 N–H and O–H groups in total. The summed E-state index contributed by atoms with van der Waals surface area (Å²) in [6, 6.07) is 9.98. The lowest BCUT2D eigenvalue weighted by Gasteiger charge is -2.04. The summed E-state index contributed by atoms with van der Waals surface area (Å²) in [5.74, 6) is 0. The highest BCUT2D eigenvalue weighted by atomic mass is 16.7. The van der Waals surface area contributed by atoms with Crippen molar-refractivity contribution in [1.29, 1.82) is 0 Å². The second-order valence-electron chi connectivity index (χ2n) is 3.60. The Hall–Kier alpha value is -2.70. The van der Waals surface area contributed by atoms with Crippen molar-refractivity contribution in [2.75, 3.05) is 0 Å². The van der Waals surface area contributed by atoms with Crippen molar-refractivity contribution in [2.24, 2.45) is 0 Å². The third-order valence-electron chi connectivity index (χ3n) is 2.39. The fourth-order valence-electron chi connectivity index (χ4n) is 1.55. The van der Waals surface area contributed by atoms with Gasteiger partial charge in [0.05, 0.1) is 6.54 Å². The van der Waals surface area contributed by atoms with Crippen LogP contribution in [0.25, 0.3) is 0 Å². The number of benzene rings is 1. The van der Waals surface area contributed by atoms with Crippen molar-refractivity contribution in [1.82, 2.24) is 9.24 Å². The molecule has 0 saturated heterocycles. The molecule has 0 aliphatic carbocycles. The first-order valence-corrected chi connectivity index (χ1v) is 5.10. The Morgan fingerprint density at radius 3 is 2.39 bits per heavy atom. The zero-order valence-corrected chi connectivity index (χ0v) is 9.22. The van der Waals surface area contributed by atoms with Gasteiger partial charge in [0.1, 0.15) is 0 Å². The summed E-state index contributed by atoms with van der Waals surface area (Å²) >= 11 is 0. The third-order valence-corrected chi connectivity index (χ3v) is 2.39. The van der Waals surface area contributed by atoms with Gasteiger partial charge in [-0.1, -0.05) is 30.3 Å². The molecule has 7 heteroatoms. The van der Waals surface area contributed by atoms with Crippen molar-refractivity contribution in [2.45, 2.75) is 6.54 Å². The Balaban J connectivity index is 2.48. The summed E-state index contributed by atoms with van der Waals surface area (Å²) in [5, 5.41) is 9.58. The van der Waals surface area contributed by atoms with Crippen LogP contribution in [-0.4, -0.2) is 14.3 Å². The first-order valence-electron chi connectivity index (χ1n) is 5.10. The molecule has 2 aromatic rings. The number of nitro groups is 1. The number of hydrogen-bond donors (Lipinski definition) is 0. The minimum atomic E-state index is -1.02. The highest BCUT2D eigenvalue weighted by molar-refractivity contribution is 5.15. The molecule has 1 aromatic carbocycles. The smallest absolute Gasteiger partial charge is 0.291 e. The Kier molecular flexibility index (Phi) is 3.05. The van der Waals surface area contributed by atoms with E-state index in [0.29, 0.717) is 0 Å². The molecule has 0 radical (unpaired) electrons. The molecular formula is C11H9N3O4. The van der Waals surface area contributed by atoms with Gasteiger partial charge < -0.3 is 0 Å². The van der Waals surface area contributed by atoms with Gasteiger partial charge in [-0.2, -0.15) is 0 Å². The van der Waals surface area contributed by atoms with Crippen molar-refractivity contribution in [3.63, 3.8) is 0 Å². The maximum Gasteiger partial charge on any atom is 0.392 e. The van der Waals surface area contributed by atoms with Gasteiger partial charge in [-0.05, 0) is 5.56 Å². The summed E-state index contributed by atoms with van der Waals surface area (Å²) in [5.41, 5.74) is -1.10. The quantitative estimate of drug-likeness (QED) is 0.568. The topological polar surface area (TPSA) is 87.1 Å². The van der Waals surface area contributed by atoms with Gasteiger partial charge in [0.25, 0.3) is 0 Å². The minimum Gasteiger partial charge on any atom is -0.291 e. The predicted molar refractivity (Wildman–Crippen MR) is 62.9 cm³/mol. The normalized spacial score (nSPS) is 10.2. The van der Waals surface area contributed by atoms with Gasteiger partial charge in [0.15, 0.2) is 5.03 Å². The van der Waals surface area contributed by atoms with Crippen LogP contribution in [0.5, 0.6) is 0 Å². The van der Waals surface area contributed by atoms with Crippen LogP contribution in [0.4, 0.5) is 0 Å². The largest absolute Gasteiger partial charge is 0.392 e. The lowest BCUT2D eigenvalue weighted by atomic mass is 10.2. The van der Waals surface area contributed by atoms with Gasteiger partial charge in [0, 0.05) is 16.9 Å². The number of rotatable bonds is 3. The van der Waals surface area contributed by atoms with E-state index in [1.807, 2.05) is 6.07 Å². The average molecular weight is 247 g/mol. The molecule has 0 fully saturated rings. The van der Waals surface area contributed by atoms with Crippen LogP contribution in [0.3, 0.4) is 0 Å². The van der Waals surface area contributed by atoms with Crippen molar-refractivity contribution >= 4 is 0 Å². The molecule has 0 bridgehead atoms. The number of hydrogen-bond acceptors (Lipinski definition) is 4. The molecule has 1 aromatic heterocycles. The predicted octanol–water partition coefficient (Wildman–Crippen LogP) is 0.0981. The molecule has 2 rings (SSSR count). The van der Waals surface area contributed by atoms with E-state index < -0.39 is 16.3 Å². The Morgan fingerprint density at radius 2 is 1.78 bits per heavy atom. The van der Waals surface area contributed by atoms with Crippen molar-refractivity contribution < 1.29 is 5.03 Å². The maximum atomic E-state index is 11.7. The molecule has 0 atom stereocenters. The van der Waals surface area contributed by atoms with E-state index in [0.717, 1.165) is 16.2 Å². The highest BCUT2D eigenvalue weighted by Gasteiger charge is 2.13. The van der Waals surface area contributed by atoms with E-state index in [-0.39, 0.29) is 11.2 Å². The summed E-state index contributed by atoms with van der Waals surface area (Å²) in [6.45, 7) is 0.174.